The molecule has 1 aromatic heterocycles. The van der Waals surface area contributed by atoms with Crippen LogP contribution in [0.1, 0.15) is 31.7 Å². The van der Waals surface area contributed by atoms with Crippen LogP contribution in [0.4, 0.5) is 11.5 Å². The number of rotatable bonds is 4. The zero-order valence-electron chi connectivity index (χ0n) is 12.2. The van der Waals surface area contributed by atoms with Gasteiger partial charge in [0.05, 0.1) is 4.92 Å². The van der Waals surface area contributed by atoms with E-state index in [1.54, 1.807) is 17.9 Å². The Hall–Kier alpha value is -2.18. The molecule has 1 fully saturated rings. The summed E-state index contributed by atoms with van der Waals surface area (Å²) in [6, 6.07) is 0.813. The number of anilines is 1. The van der Waals surface area contributed by atoms with Gasteiger partial charge in [0.15, 0.2) is 0 Å². The monoisotopic (exact) mass is 293 g/mol. The molecule has 0 aliphatic carbocycles. The molecule has 0 spiro atoms. The number of hydrogen-bond donors (Lipinski definition) is 1. The summed E-state index contributed by atoms with van der Waals surface area (Å²) in [7, 11) is 0. The van der Waals surface area contributed by atoms with Gasteiger partial charge in [0.2, 0.25) is 5.82 Å². The zero-order chi connectivity index (χ0) is 15.6. The summed E-state index contributed by atoms with van der Waals surface area (Å²) in [5, 5.41) is 20.7. The van der Waals surface area contributed by atoms with Gasteiger partial charge in [0, 0.05) is 18.3 Å². The summed E-state index contributed by atoms with van der Waals surface area (Å²) in [4.78, 5) is 28.0. The highest BCUT2D eigenvalue weighted by molar-refractivity contribution is 5.79. The summed E-state index contributed by atoms with van der Waals surface area (Å²) in [6.07, 6.45) is 3.73. The summed E-state index contributed by atoms with van der Waals surface area (Å²) >= 11 is 0. The summed E-state index contributed by atoms with van der Waals surface area (Å²) < 4.78 is 0. The van der Waals surface area contributed by atoms with Gasteiger partial charge < -0.3 is 10.0 Å². The van der Waals surface area contributed by atoms with E-state index in [-0.39, 0.29) is 11.5 Å². The second kappa shape index (κ2) is 6.07. The Labute approximate surface area is 122 Å². The van der Waals surface area contributed by atoms with E-state index < -0.39 is 16.9 Å². The minimum absolute atomic E-state index is 0.0984. The van der Waals surface area contributed by atoms with Gasteiger partial charge in [-0.3, -0.25) is 10.1 Å². The smallest absolute Gasteiger partial charge is 0.326 e. The molecule has 1 aliphatic heterocycles. The number of aliphatic carboxylic acids is 1. The normalized spacial score (nSPS) is 22.1. The third kappa shape index (κ3) is 2.96. The van der Waals surface area contributed by atoms with E-state index in [2.05, 4.69) is 4.98 Å². The molecule has 0 bridgehead atoms. The van der Waals surface area contributed by atoms with Crippen LogP contribution in [0.25, 0.3) is 0 Å². The number of pyridine rings is 1. The standard InChI is InChI=1S/C14H19N3O4/c1-3-10-5-7-16(11(8-10)14(18)19)13-12(17(20)21)9(2)4-6-15-13/h4,6,10-11H,3,5,7-8H2,1-2H3,(H,18,19). The molecule has 114 valence electrons. The van der Waals surface area contributed by atoms with Gasteiger partial charge in [-0.05, 0) is 31.7 Å². The van der Waals surface area contributed by atoms with Crippen LogP contribution in [0.2, 0.25) is 0 Å². The van der Waals surface area contributed by atoms with Crippen molar-refractivity contribution in [1.82, 2.24) is 4.98 Å². The number of nitrogens with zero attached hydrogens (tertiary/aromatic N) is 3. The average molecular weight is 293 g/mol. The van der Waals surface area contributed by atoms with Gasteiger partial charge in [-0.15, -0.1) is 0 Å². The number of carbonyl (C=O) groups is 1. The lowest BCUT2D eigenvalue weighted by atomic mass is 9.88. The SMILES string of the molecule is CCC1CCN(c2nccc(C)c2[N+](=O)[O-])C(C(=O)O)C1. The molecular weight excluding hydrogens is 274 g/mol. The molecule has 0 radical (unpaired) electrons. The fourth-order valence-electron chi connectivity index (χ4n) is 2.87. The topological polar surface area (TPSA) is 96.6 Å². The lowest BCUT2D eigenvalue weighted by Gasteiger charge is -2.37. The molecule has 7 heteroatoms. The van der Waals surface area contributed by atoms with Crippen molar-refractivity contribution >= 4 is 17.5 Å². The first kappa shape index (κ1) is 15.2. The predicted octanol–water partition coefficient (Wildman–Crippen LogP) is 2.38. The Balaban J connectivity index is 2.42. The number of piperidine rings is 1. The van der Waals surface area contributed by atoms with Crippen molar-refractivity contribution in [2.24, 2.45) is 5.92 Å². The Bertz CT molecular complexity index is 561. The van der Waals surface area contributed by atoms with Crippen molar-refractivity contribution in [1.29, 1.82) is 0 Å². The van der Waals surface area contributed by atoms with Gasteiger partial charge in [-0.1, -0.05) is 13.3 Å². The van der Waals surface area contributed by atoms with Crippen LogP contribution in [0, 0.1) is 23.0 Å². The van der Waals surface area contributed by atoms with E-state index in [9.17, 15) is 20.0 Å². The van der Waals surface area contributed by atoms with E-state index >= 15 is 0 Å². The molecule has 1 saturated heterocycles. The van der Waals surface area contributed by atoms with Gasteiger partial charge in [0.25, 0.3) is 0 Å². The largest absolute Gasteiger partial charge is 0.480 e. The maximum absolute atomic E-state index is 11.5. The maximum atomic E-state index is 11.5. The number of nitro groups is 1. The number of aromatic nitrogens is 1. The Kier molecular flexibility index (Phi) is 4.40. The molecule has 1 aliphatic rings. The first-order valence-corrected chi connectivity index (χ1v) is 7.05. The van der Waals surface area contributed by atoms with Crippen molar-refractivity contribution in [3.63, 3.8) is 0 Å². The van der Waals surface area contributed by atoms with Crippen LogP contribution in [-0.4, -0.2) is 33.6 Å². The second-order valence-corrected chi connectivity index (χ2v) is 5.40. The van der Waals surface area contributed by atoms with Crippen molar-refractivity contribution in [2.75, 3.05) is 11.4 Å². The average Bonchev–Trinajstić information content (AvgIpc) is 2.45. The van der Waals surface area contributed by atoms with Crippen LogP contribution >= 0.6 is 0 Å². The van der Waals surface area contributed by atoms with Crippen LogP contribution in [0.3, 0.4) is 0 Å². The zero-order valence-corrected chi connectivity index (χ0v) is 12.2. The number of carboxylic acids is 1. The fourth-order valence-corrected chi connectivity index (χ4v) is 2.87. The third-order valence-electron chi connectivity index (χ3n) is 4.13. The minimum Gasteiger partial charge on any atom is -0.480 e. The lowest BCUT2D eigenvalue weighted by Crippen LogP contribution is -2.48. The van der Waals surface area contributed by atoms with Crippen molar-refractivity contribution in [3.8, 4) is 0 Å². The number of hydrogen-bond acceptors (Lipinski definition) is 5. The third-order valence-corrected chi connectivity index (χ3v) is 4.13. The summed E-state index contributed by atoms with van der Waals surface area (Å²) in [5.41, 5.74) is 0.394. The van der Waals surface area contributed by atoms with Crippen molar-refractivity contribution in [2.45, 2.75) is 39.2 Å². The van der Waals surface area contributed by atoms with Crippen LogP contribution in [0.15, 0.2) is 12.3 Å². The molecule has 0 amide bonds. The lowest BCUT2D eigenvalue weighted by molar-refractivity contribution is -0.384. The Morgan fingerprint density at radius 3 is 2.90 bits per heavy atom. The van der Waals surface area contributed by atoms with Crippen molar-refractivity contribution < 1.29 is 14.8 Å². The molecule has 2 unspecified atom stereocenters. The fraction of sp³-hybridized carbons (Fsp3) is 0.571. The van der Waals surface area contributed by atoms with E-state index in [0.29, 0.717) is 24.4 Å². The van der Waals surface area contributed by atoms with E-state index in [1.165, 1.54) is 6.20 Å². The molecular formula is C14H19N3O4. The highest BCUT2D eigenvalue weighted by Crippen LogP contribution is 2.35. The molecule has 7 nitrogen and oxygen atoms in total. The van der Waals surface area contributed by atoms with Crippen LogP contribution in [0.5, 0.6) is 0 Å². The molecule has 1 N–H and O–H groups in total. The molecule has 1 aromatic rings. The summed E-state index contributed by atoms with van der Waals surface area (Å²) in [5.74, 6) is -0.445. The number of carboxylic acid groups (broad SMARTS) is 1. The van der Waals surface area contributed by atoms with Gasteiger partial charge in [0.1, 0.15) is 6.04 Å². The number of aryl methyl sites for hydroxylation is 1. The van der Waals surface area contributed by atoms with Crippen LogP contribution in [-0.2, 0) is 4.79 Å². The highest BCUT2D eigenvalue weighted by Gasteiger charge is 2.37. The predicted molar refractivity (Wildman–Crippen MR) is 77.4 cm³/mol. The Morgan fingerprint density at radius 1 is 1.62 bits per heavy atom. The highest BCUT2D eigenvalue weighted by atomic mass is 16.6. The molecule has 0 aromatic carbocycles. The molecule has 21 heavy (non-hydrogen) atoms. The first-order chi connectivity index (χ1) is 9.95. The molecule has 2 heterocycles. The van der Waals surface area contributed by atoms with Crippen LogP contribution < -0.4 is 4.90 Å². The maximum Gasteiger partial charge on any atom is 0.326 e. The second-order valence-electron chi connectivity index (χ2n) is 5.40. The van der Waals surface area contributed by atoms with Gasteiger partial charge in [-0.2, -0.15) is 0 Å². The van der Waals surface area contributed by atoms with Gasteiger partial charge >= 0.3 is 11.7 Å². The molecule has 0 saturated carbocycles. The Morgan fingerprint density at radius 2 is 2.33 bits per heavy atom. The quantitative estimate of drug-likeness (QED) is 0.676. The summed E-state index contributed by atoms with van der Waals surface area (Å²) in [6.45, 7) is 4.15. The van der Waals surface area contributed by atoms with E-state index in [0.717, 1.165) is 12.8 Å². The molecule has 2 rings (SSSR count). The molecule has 2 atom stereocenters. The first-order valence-electron chi connectivity index (χ1n) is 7.05. The van der Waals surface area contributed by atoms with E-state index in [4.69, 9.17) is 0 Å². The van der Waals surface area contributed by atoms with Gasteiger partial charge in [-0.25, -0.2) is 9.78 Å². The van der Waals surface area contributed by atoms with E-state index in [1.807, 2.05) is 6.92 Å². The minimum atomic E-state index is -0.953. The van der Waals surface area contributed by atoms with Crippen molar-refractivity contribution in [3.05, 3.63) is 27.9 Å².